The molecule has 0 amide bonds. The lowest BCUT2D eigenvalue weighted by Crippen LogP contribution is -2.01. The minimum atomic E-state index is -0.0178. The second-order valence-corrected chi connectivity index (χ2v) is 4.36. The van der Waals surface area contributed by atoms with Gasteiger partial charge in [-0.1, -0.05) is 30.3 Å². The molecule has 14 heavy (non-hydrogen) atoms. The van der Waals surface area contributed by atoms with Gasteiger partial charge in [-0.3, -0.25) is 0 Å². The third-order valence-electron chi connectivity index (χ3n) is 3.20. The van der Waals surface area contributed by atoms with Crippen LogP contribution in [0.5, 0.6) is 0 Å². The molecule has 1 fully saturated rings. The molecular weight excluding hydrogens is 172 g/mol. The molecule has 1 aromatic carbocycles. The summed E-state index contributed by atoms with van der Waals surface area (Å²) in [6, 6.07) is 10.6. The molecule has 0 radical (unpaired) electrons. The molecule has 0 bridgehead atoms. The summed E-state index contributed by atoms with van der Waals surface area (Å²) < 4.78 is 0. The quantitative estimate of drug-likeness (QED) is 0.777. The number of aryl methyl sites for hydroxylation is 1. The van der Waals surface area contributed by atoms with Gasteiger partial charge < -0.3 is 5.11 Å². The Kier molecular flexibility index (Phi) is 3.20. The van der Waals surface area contributed by atoms with Crippen molar-refractivity contribution in [3.8, 4) is 0 Å². The van der Waals surface area contributed by atoms with Crippen molar-refractivity contribution in [2.24, 2.45) is 5.92 Å². The van der Waals surface area contributed by atoms with Crippen LogP contribution in [0, 0.1) is 5.92 Å². The zero-order chi connectivity index (χ0) is 9.80. The SMILES string of the molecule is OC1CCC(CCc2ccccc2)C1. The monoisotopic (exact) mass is 190 g/mol. The lowest BCUT2D eigenvalue weighted by atomic mass is 9.98. The van der Waals surface area contributed by atoms with Crippen LogP contribution in [-0.4, -0.2) is 11.2 Å². The lowest BCUT2D eigenvalue weighted by Gasteiger charge is -2.08. The van der Waals surface area contributed by atoms with E-state index in [1.54, 1.807) is 0 Å². The maximum absolute atomic E-state index is 9.40. The smallest absolute Gasteiger partial charge is 0.0543 e. The van der Waals surface area contributed by atoms with E-state index in [0.717, 1.165) is 25.2 Å². The van der Waals surface area contributed by atoms with Crippen molar-refractivity contribution in [2.45, 2.75) is 38.2 Å². The van der Waals surface area contributed by atoms with Crippen molar-refractivity contribution >= 4 is 0 Å². The van der Waals surface area contributed by atoms with Crippen LogP contribution in [0.25, 0.3) is 0 Å². The van der Waals surface area contributed by atoms with E-state index in [4.69, 9.17) is 0 Å². The van der Waals surface area contributed by atoms with E-state index < -0.39 is 0 Å². The first-order valence-corrected chi connectivity index (χ1v) is 5.56. The highest BCUT2D eigenvalue weighted by Gasteiger charge is 2.21. The van der Waals surface area contributed by atoms with Crippen molar-refractivity contribution in [3.63, 3.8) is 0 Å². The van der Waals surface area contributed by atoms with E-state index in [-0.39, 0.29) is 6.10 Å². The Hall–Kier alpha value is -0.820. The van der Waals surface area contributed by atoms with Crippen molar-refractivity contribution in [1.29, 1.82) is 0 Å². The molecule has 1 saturated carbocycles. The Balaban J connectivity index is 1.78. The van der Waals surface area contributed by atoms with Crippen molar-refractivity contribution < 1.29 is 5.11 Å². The van der Waals surface area contributed by atoms with E-state index in [0.29, 0.717) is 0 Å². The molecule has 1 N–H and O–H groups in total. The second kappa shape index (κ2) is 4.61. The van der Waals surface area contributed by atoms with Gasteiger partial charge in [0.1, 0.15) is 0 Å². The maximum Gasteiger partial charge on any atom is 0.0543 e. The van der Waals surface area contributed by atoms with Gasteiger partial charge in [0, 0.05) is 0 Å². The van der Waals surface area contributed by atoms with Gasteiger partial charge in [-0.15, -0.1) is 0 Å². The molecule has 2 rings (SSSR count). The summed E-state index contributed by atoms with van der Waals surface area (Å²) in [6.45, 7) is 0. The molecule has 2 atom stereocenters. The fourth-order valence-corrected chi connectivity index (χ4v) is 2.33. The first-order chi connectivity index (χ1) is 6.84. The average molecular weight is 190 g/mol. The molecule has 0 heterocycles. The Bertz CT molecular complexity index is 268. The van der Waals surface area contributed by atoms with Crippen molar-refractivity contribution in [1.82, 2.24) is 0 Å². The van der Waals surface area contributed by atoms with E-state index in [1.165, 1.54) is 18.4 Å². The highest BCUT2D eigenvalue weighted by molar-refractivity contribution is 5.14. The molecule has 1 heteroatoms. The van der Waals surface area contributed by atoms with Crippen LogP contribution in [-0.2, 0) is 6.42 Å². The largest absolute Gasteiger partial charge is 0.393 e. The van der Waals surface area contributed by atoms with Gasteiger partial charge in [0.15, 0.2) is 0 Å². The Labute approximate surface area is 85.8 Å². The number of benzene rings is 1. The molecule has 1 aromatic rings. The van der Waals surface area contributed by atoms with Gasteiger partial charge in [-0.05, 0) is 43.6 Å². The molecule has 0 aliphatic heterocycles. The van der Waals surface area contributed by atoms with E-state index in [1.807, 2.05) is 0 Å². The number of aliphatic hydroxyl groups is 1. The van der Waals surface area contributed by atoms with Crippen LogP contribution in [0.1, 0.15) is 31.2 Å². The topological polar surface area (TPSA) is 20.2 Å². The van der Waals surface area contributed by atoms with Crippen LogP contribution in [0.2, 0.25) is 0 Å². The third-order valence-corrected chi connectivity index (χ3v) is 3.20. The standard InChI is InChI=1S/C13H18O/c14-13-9-8-12(10-13)7-6-11-4-2-1-3-5-11/h1-5,12-14H,6-10H2. The number of aliphatic hydroxyl groups excluding tert-OH is 1. The summed E-state index contributed by atoms with van der Waals surface area (Å²) in [5.41, 5.74) is 1.42. The lowest BCUT2D eigenvalue weighted by molar-refractivity contribution is 0.177. The summed E-state index contributed by atoms with van der Waals surface area (Å²) >= 11 is 0. The predicted octanol–water partition coefficient (Wildman–Crippen LogP) is 2.78. The summed E-state index contributed by atoms with van der Waals surface area (Å²) in [5.74, 6) is 0.755. The molecule has 0 saturated heterocycles. The van der Waals surface area contributed by atoms with Crippen LogP contribution in [0.3, 0.4) is 0 Å². The highest BCUT2D eigenvalue weighted by atomic mass is 16.3. The molecule has 76 valence electrons. The molecule has 0 spiro atoms. The van der Waals surface area contributed by atoms with Gasteiger partial charge in [0.25, 0.3) is 0 Å². The zero-order valence-corrected chi connectivity index (χ0v) is 8.52. The summed E-state index contributed by atoms with van der Waals surface area (Å²) in [6.07, 6.45) is 5.63. The van der Waals surface area contributed by atoms with Gasteiger partial charge >= 0.3 is 0 Å². The molecule has 1 aliphatic rings. The van der Waals surface area contributed by atoms with Crippen LogP contribution in [0.15, 0.2) is 30.3 Å². The van der Waals surface area contributed by atoms with Gasteiger partial charge in [-0.25, -0.2) is 0 Å². The summed E-state index contributed by atoms with van der Waals surface area (Å²) in [7, 11) is 0. The van der Waals surface area contributed by atoms with Crippen LogP contribution >= 0.6 is 0 Å². The maximum atomic E-state index is 9.40. The Morgan fingerprint density at radius 1 is 1.14 bits per heavy atom. The molecule has 0 aromatic heterocycles. The molecule has 1 aliphatic carbocycles. The molecule has 1 nitrogen and oxygen atoms in total. The van der Waals surface area contributed by atoms with Gasteiger partial charge in [-0.2, -0.15) is 0 Å². The fourth-order valence-electron chi connectivity index (χ4n) is 2.33. The predicted molar refractivity (Wildman–Crippen MR) is 58.1 cm³/mol. The molecular formula is C13H18O. The molecule has 2 unspecified atom stereocenters. The summed E-state index contributed by atoms with van der Waals surface area (Å²) in [4.78, 5) is 0. The minimum absolute atomic E-state index is 0.0178. The first-order valence-electron chi connectivity index (χ1n) is 5.56. The third kappa shape index (κ3) is 2.58. The number of rotatable bonds is 3. The Morgan fingerprint density at radius 2 is 1.93 bits per heavy atom. The first kappa shape index (κ1) is 9.72. The van der Waals surface area contributed by atoms with E-state index >= 15 is 0 Å². The van der Waals surface area contributed by atoms with Crippen molar-refractivity contribution in [2.75, 3.05) is 0 Å². The normalized spacial score (nSPS) is 26.6. The van der Waals surface area contributed by atoms with Gasteiger partial charge in [0.05, 0.1) is 6.10 Å². The Morgan fingerprint density at radius 3 is 2.57 bits per heavy atom. The van der Waals surface area contributed by atoms with Crippen LogP contribution in [0.4, 0.5) is 0 Å². The average Bonchev–Trinajstić information content (AvgIpc) is 2.63. The summed E-state index contributed by atoms with van der Waals surface area (Å²) in [5, 5.41) is 9.40. The number of hydrogen-bond donors (Lipinski definition) is 1. The zero-order valence-electron chi connectivity index (χ0n) is 8.52. The second-order valence-electron chi connectivity index (χ2n) is 4.36. The fraction of sp³-hybridized carbons (Fsp3) is 0.538. The van der Waals surface area contributed by atoms with Gasteiger partial charge in [0.2, 0.25) is 0 Å². The van der Waals surface area contributed by atoms with E-state index in [9.17, 15) is 5.11 Å². The van der Waals surface area contributed by atoms with Crippen LogP contribution < -0.4 is 0 Å². The van der Waals surface area contributed by atoms with E-state index in [2.05, 4.69) is 30.3 Å². The van der Waals surface area contributed by atoms with Crippen molar-refractivity contribution in [3.05, 3.63) is 35.9 Å². The highest BCUT2D eigenvalue weighted by Crippen LogP contribution is 2.29. The number of hydrogen-bond acceptors (Lipinski definition) is 1. The minimum Gasteiger partial charge on any atom is -0.393 e.